The number of anilines is 1. The zero-order chi connectivity index (χ0) is 22.1. The fourth-order valence-corrected chi connectivity index (χ4v) is 3.65. The molecule has 1 unspecified atom stereocenters. The number of benzene rings is 2. The minimum absolute atomic E-state index is 0.122. The Hall–Kier alpha value is -3.36. The van der Waals surface area contributed by atoms with E-state index in [1.807, 2.05) is 0 Å². The van der Waals surface area contributed by atoms with Crippen LogP contribution in [0, 0.1) is 5.82 Å². The summed E-state index contributed by atoms with van der Waals surface area (Å²) in [7, 11) is 0. The molecular formula is C21H15Cl2FN4O3. The standard InChI is InChI=1S/C21H15Cl2FN4O3/c22-13-5-6-14(24)18(23)17(13)21-28-19-15(31-21)7-12(8-26-19)10-1-3-11(4-2-10)20(30)27-9-16(25)29/h1-8,21H,9H2,(H2,25,29)(H,26,28)(H,27,30). The van der Waals surface area contributed by atoms with Gasteiger partial charge < -0.3 is 21.1 Å². The molecule has 0 bridgehead atoms. The summed E-state index contributed by atoms with van der Waals surface area (Å²) in [5.41, 5.74) is 7.22. The summed E-state index contributed by atoms with van der Waals surface area (Å²) in [5.74, 6) is -0.718. The maximum absolute atomic E-state index is 13.9. The number of nitrogens with one attached hydrogen (secondary N) is 2. The van der Waals surface area contributed by atoms with Crippen LogP contribution in [0.4, 0.5) is 10.2 Å². The van der Waals surface area contributed by atoms with Crippen molar-refractivity contribution in [1.82, 2.24) is 10.3 Å². The predicted octanol–water partition coefficient (Wildman–Crippen LogP) is 3.91. The monoisotopic (exact) mass is 460 g/mol. The fourth-order valence-electron chi connectivity index (χ4n) is 3.08. The Morgan fingerprint density at radius 3 is 2.61 bits per heavy atom. The molecule has 0 saturated heterocycles. The molecule has 0 fully saturated rings. The molecule has 2 heterocycles. The van der Waals surface area contributed by atoms with Gasteiger partial charge in [-0.25, -0.2) is 9.37 Å². The van der Waals surface area contributed by atoms with Gasteiger partial charge in [0.1, 0.15) is 5.82 Å². The first kappa shape index (κ1) is 20.9. The molecule has 158 valence electrons. The minimum Gasteiger partial charge on any atom is -0.462 e. The number of nitrogens with two attached hydrogens (primary N) is 1. The lowest BCUT2D eigenvalue weighted by Crippen LogP contribution is -2.33. The van der Waals surface area contributed by atoms with Gasteiger partial charge in [0, 0.05) is 17.3 Å². The van der Waals surface area contributed by atoms with Gasteiger partial charge in [-0.1, -0.05) is 35.3 Å². The van der Waals surface area contributed by atoms with Crippen molar-refractivity contribution in [2.24, 2.45) is 5.73 Å². The molecule has 31 heavy (non-hydrogen) atoms. The molecular weight excluding hydrogens is 446 g/mol. The lowest BCUT2D eigenvalue weighted by Gasteiger charge is -2.15. The molecule has 7 nitrogen and oxygen atoms in total. The van der Waals surface area contributed by atoms with Crippen LogP contribution in [0.25, 0.3) is 11.1 Å². The van der Waals surface area contributed by atoms with Gasteiger partial charge in [0.05, 0.1) is 22.2 Å². The maximum atomic E-state index is 13.9. The Morgan fingerprint density at radius 1 is 1.16 bits per heavy atom. The number of carbonyl (C=O) groups is 2. The van der Waals surface area contributed by atoms with Crippen LogP contribution in [0.15, 0.2) is 48.7 Å². The van der Waals surface area contributed by atoms with E-state index in [2.05, 4.69) is 15.6 Å². The molecule has 2 aromatic carbocycles. The van der Waals surface area contributed by atoms with Crippen molar-refractivity contribution in [3.05, 3.63) is 75.7 Å². The molecule has 4 rings (SSSR count). The second kappa shape index (κ2) is 8.41. The van der Waals surface area contributed by atoms with Gasteiger partial charge in [-0.2, -0.15) is 0 Å². The molecule has 0 aliphatic carbocycles. The highest BCUT2D eigenvalue weighted by Gasteiger charge is 2.29. The number of hydrogen-bond acceptors (Lipinski definition) is 5. The van der Waals surface area contributed by atoms with Crippen LogP contribution in [0.2, 0.25) is 10.0 Å². The van der Waals surface area contributed by atoms with Crippen LogP contribution in [0.1, 0.15) is 22.1 Å². The van der Waals surface area contributed by atoms with Crippen LogP contribution in [-0.4, -0.2) is 23.3 Å². The summed E-state index contributed by atoms with van der Waals surface area (Å²) in [6.45, 7) is -0.236. The number of hydrogen-bond donors (Lipinski definition) is 3. The Bertz CT molecular complexity index is 1190. The lowest BCUT2D eigenvalue weighted by atomic mass is 10.1. The molecule has 1 aliphatic rings. The van der Waals surface area contributed by atoms with E-state index >= 15 is 0 Å². The summed E-state index contributed by atoms with van der Waals surface area (Å²) < 4.78 is 19.7. The first-order chi connectivity index (χ1) is 14.8. The Balaban J connectivity index is 1.54. The molecule has 2 amide bonds. The lowest BCUT2D eigenvalue weighted by molar-refractivity contribution is -0.117. The van der Waals surface area contributed by atoms with Gasteiger partial charge in [-0.15, -0.1) is 0 Å². The van der Waals surface area contributed by atoms with Crippen molar-refractivity contribution in [2.75, 3.05) is 11.9 Å². The summed E-state index contributed by atoms with van der Waals surface area (Å²) in [5, 5.41) is 5.59. The van der Waals surface area contributed by atoms with Gasteiger partial charge in [0.25, 0.3) is 5.91 Å². The largest absolute Gasteiger partial charge is 0.462 e. The van der Waals surface area contributed by atoms with Crippen LogP contribution < -0.4 is 21.1 Å². The quantitative estimate of drug-likeness (QED) is 0.500. The van der Waals surface area contributed by atoms with Gasteiger partial charge in [-0.05, 0) is 35.9 Å². The van der Waals surface area contributed by atoms with Crippen molar-refractivity contribution in [3.8, 4) is 16.9 Å². The molecule has 10 heteroatoms. The Labute approximate surface area is 186 Å². The average molecular weight is 461 g/mol. The van der Waals surface area contributed by atoms with E-state index in [1.165, 1.54) is 12.1 Å². The number of aromatic nitrogens is 1. The van der Waals surface area contributed by atoms with E-state index in [9.17, 15) is 14.0 Å². The van der Waals surface area contributed by atoms with E-state index in [4.69, 9.17) is 33.7 Å². The highest BCUT2D eigenvalue weighted by atomic mass is 35.5. The van der Waals surface area contributed by atoms with Gasteiger partial charge >= 0.3 is 0 Å². The van der Waals surface area contributed by atoms with E-state index in [0.717, 1.165) is 11.1 Å². The van der Waals surface area contributed by atoms with Crippen molar-refractivity contribution in [3.63, 3.8) is 0 Å². The second-order valence-electron chi connectivity index (χ2n) is 6.70. The molecule has 1 atom stereocenters. The topological polar surface area (TPSA) is 106 Å². The highest BCUT2D eigenvalue weighted by Crippen LogP contribution is 2.42. The normalized spacial score (nSPS) is 14.4. The van der Waals surface area contributed by atoms with E-state index < -0.39 is 23.9 Å². The molecule has 1 aromatic heterocycles. The predicted molar refractivity (Wildman–Crippen MR) is 115 cm³/mol. The van der Waals surface area contributed by atoms with Crippen molar-refractivity contribution in [1.29, 1.82) is 0 Å². The zero-order valence-electron chi connectivity index (χ0n) is 15.8. The molecule has 0 spiro atoms. The molecule has 4 N–H and O–H groups in total. The number of fused-ring (bicyclic) bond motifs is 1. The summed E-state index contributed by atoms with van der Waals surface area (Å²) in [4.78, 5) is 27.1. The number of nitrogens with zero attached hydrogens (tertiary/aromatic N) is 1. The number of ether oxygens (including phenoxy) is 1. The zero-order valence-corrected chi connectivity index (χ0v) is 17.3. The van der Waals surface area contributed by atoms with E-state index in [-0.39, 0.29) is 22.2 Å². The Morgan fingerprint density at radius 2 is 1.90 bits per heavy atom. The van der Waals surface area contributed by atoms with Crippen LogP contribution >= 0.6 is 23.2 Å². The summed E-state index contributed by atoms with van der Waals surface area (Å²) >= 11 is 12.3. The van der Waals surface area contributed by atoms with Crippen molar-refractivity contribution < 1.29 is 18.7 Å². The van der Waals surface area contributed by atoms with Crippen molar-refractivity contribution in [2.45, 2.75) is 6.23 Å². The van der Waals surface area contributed by atoms with Gasteiger partial charge in [0.15, 0.2) is 11.6 Å². The fraction of sp³-hybridized carbons (Fsp3) is 0.0952. The SMILES string of the molecule is NC(=O)CNC(=O)c1ccc(-c2cnc3c(c2)OC(c2c(Cl)ccc(F)c2Cl)N3)cc1. The number of pyridine rings is 1. The van der Waals surface area contributed by atoms with Crippen molar-refractivity contribution >= 4 is 40.8 Å². The molecule has 1 aliphatic heterocycles. The number of halogens is 3. The second-order valence-corrected chi connectivity index (χ2v) is 7.48. The Kier molecular flexibility index (Phi) is 5.67. The third kappa shape index (κ3) is 4.26. The summed E-state index contributed by atoms with van der Waals surface area (Å²) in [6.07, 6.45) is 0.846. The summed E-state index contributed by atoms with van der Waals surface area (Å²) in [6, 6.07) is 11.1. The smallest absolute Gasteiger partial charge is 0.251 e. The third-order valence-electron chi connectivity index (χ3n) is 4.61. The van der Waals surface area contributed by atoms with Crippen LogP contribution in [0.3, 0.4) is 0 Å². The average Bonchev–Trinajstić information content (AvgIpc) is 3.17. The van der Waals surface area contributed by atoms with Gasteiger partial charge in [0.2, 0.25) is 12.1 Å². The number of amides is 2. The molecule has 3 aromatic rings. The number of carbonyl (C=O) groups excluding carboxylic acids is 2. The van der Waals surface area contributed by atoms with Crippen LogP contribution in [0.5, 0.6) is 5.75 Å². The first-order valence-electron chi connectivity index (χ1n) is 9.07. The first-order valence-corrected chi connectivity index (χ1v) is 9.82. The van der Waals surface area contributed by atoms with E-state index in [0.29, 0.717) is 17.1 Å². The third-order valence-corrected chi connectivity index (χ3v) is 5.32. The minimum atomic E-state index is -0.787. The molecule has 0 radical (unpaired) electrons. The highest BCUT2D eigenvalue weighted by molar-refractivity contribution is 6.36. The van der Waals surface area contributed by atoms with Gasteiger partial charge in [-0.3, -0.25) is 9.59 Å². The molecule has 0 saturated carbocycles. The number of primary amides is 1. The van der Waals surface area contributed by atoms with Crippen LogP contribution in [-0.2, 0) is 4.79 Å². The van der Waals surface area contributed by atoms with E-state index in [1.54, 1.807) is 36.5 Å². The maximum Gasteiger partial charge on any atom is 0.251 e. The number of rotatable bonds is 5.